The lowest BCUT2D eigenvalue weighted by atomic mass is 10.4. The van der Waals surface area contributed by atoms with E-state index >= 15 is 0 Å². The van der Waals surface area contributed by atoms with E-state index in [2.05, 4.69) is 31.0 Å². The van der Waals surface area contributed by atoms with Crippen LogP contribution in [0.25, 0.3) is 0 Å². The van der Waals surface area contributed by atoms with E-state index < -0.39 is 10.0 Å². The zero-order valence-corrected chi connectivity index (χ0v) is 13.5. The van der Waals surface area contributed by atoms with Crippen molar-refractivity contribution < 1.29 is 13.2 Å². The predicted molar refractivity (Wildman–Crippen MR) is 77.8 cm³/mol. The van der Waals surface area contributed by atoms with Crippen molar-refractivity contribution in [1.29, 1.82) is 0 Å². The van der Waals surface area contributed by atoms with Gasteiger partial charge in [-0.25, -0.2) is 18.1 Å². The minimum Gasteiger partial charge on any atom is -0.380 e. The molecular weight excluding hydrogens is 334 g/mol. The van der Waals surface area contributed by atoms with Crippen molar-refractivity contribution in [1.82, 2.24) is 9.71 Å². The van der Waals surface area contributed by atoms with Gasteiger partial charge in [-0.05, 0) is 35.8 Å². The van der Waals surface area contributed by atoms with Gasteiger partial charge >= 0.3 is 0 Å². The second-order valence-corrected chi connectivity index (χ2v) is 6.58. The number of nitrogens with one attached hydrogen (secondary N) is 2. The van der Waals surface area contributed by atoms with Crippen molar-refractivity contribution in [2.75, 3.05) is 25.5 Å². The van der Waals surface area contributed by atoms with Gasteiger partial charge in [-0.3, -0.25) is 0 Å². The first kappa shape index (κ1) is 16.4. The minimum absolute atomic E-state index is 0.118. The van der Waals surface area contributed by atoms with Crippen LogP contribution < -0.4 is 10.0 Å². The fraction of sp³-hybridized carbons (Fsp3) is 0.545. The van der Waals surface area contributed by atoms with Gasteiger partial charge in [0, 0.05) is 30.9 Å². The summed E-state index contributed by atoms with van der Waals surface area (Å²) in [7, 11) is -2.09. The van der Waals surface area contributed by atoms with E-state index in [4.69, 9.17) is 4.74 Å². The van der Waals surface area contributed by atoms with Crippen LogP contribution in [-0.2, 0) is 14.8 Å². The molecule has 0 fully saturated rings. The molecule has 0 amide bonds. The number of ether oxygens (including phenoxy) is 1. The largest absolute Gasteiger partial charge is 0.380 e. The van der Waals surface area contributed by atoms with Gasteiger partial charge in [-0.1, -0.05) is 0 Å². The third-order valence-corrected chi connectivity index (χ3v) is 4.29. The number of anilines is 1. The Morgan fingerprint density at radius 3 is 2.79 bits per heavy atom. The molecule has 0 aliphatic carbocycles. The fourth-order valence-corrected chi connectivity index (χ4v) is 3.07. The molecule has 108 valence electrons. The van der Waals surface area contributed by atoms with E-state index in [-0.39, 0.29) is 17.5 Å². The molecule has 0 spiro atoms. The highest BCUT2D eigenvalue weighted by Gasteiger charge is 2.20. The monoisotopic (exact) mass is 351 g/mol. The second kappa shape index (κ2) is 7.18. The summed E-state index contributed by atoms with van der Waals surface area (Å²) in [5, 5.41) is 2.93. The van der Waals surface area contributed by atoms with Crippen molar-refractivity contribution >= 4 is 31.8 Å². The Balaban J connectivity index is 3.02. The molecule has 1 aromatic heterocycles. The first-order valence-electron chi connectivity index (χ1n) is 5.82. The maximum Gasteiger partial charge on any atom is 0.244 e. The van der Waals surface area contributed by atoms with Crippen LogP contribution in [0.5, 0.6) is 0 Å². The summed E-state index contributed by atoms with van der Waals surface area (Å²) in [4.78, 5) is 4.19. The number of sulfonamides is 1. The van der Waals surface area contributed by atoms with Gasteiger partial charge in [0.1, 0.15) is 10.7 Å². The summed E-state index contributed by atoms with van der Waals surface area (Å²) in [5.41, 5.74) is 0. The van der Waals surface area contributed by atoms with E-state index in [1.54, 1.807) is 13.1 Å². The smallest absolute Gasteiger partial charge is 0.244 e. The average molecular weight is 352 g/mol. The third kappa shape index (κ3) is 4.72. The molecule has 1 rings (SSSR count). The molecular formula is C11H18BrN3O3S. The van der Waals surface area contributed by atoms with Crippen molar-refractivity contribution in [2.24, 2.45) is 0 Å². The first-order chi connectivity index (χ1) is 8.90. The van der Waals surface area contributed by atoms with Crippen LogP contribution in [0.15, 0.2) is 21.6 Å². The van der Waals surface area contributed by atoms with Gasteiger partial charge in [0.2, 0.25) is 10.0 Å². The number of pyridine rings is 1. The summed E-state index contributed by atoms with van der Waals surface area (Å²) in [6, 6.07) is 1.52. The zero-order chi connectivity index (χ0) is 14.5. The fourth-order valence-electron chi connectivity index (χ4n) is 1.31. The Kier molecular flexibility index (Phi) is 6.18. The molecule has 1 unspecified atom stereocenters. The molecule has 19 heavy (non-hydrogen) atoms. The van der Waals surface area contributed by atoms with Crippen LogP contribution in [-0.4, -0.2) is 39.7 Å². The maximum absolute atomic E-state index is 12.2. The van der Waals surface area contributed by atoms with E-state index in [1.165, 1.54) is 13.2 Å². The standard InChI is InChI=1S/C11H18BrN3O3S/c1-4-13-11-10(5-9(12)7-14-11)19(16,17)15-6-8(2)18-3/h5,7-8,15H,4,6H2,1-3H3,(H,13,14). The van der Waals surface area contributed by atoms with Crippen molar-refractivity contribution in [2.45, 2.75) is 24.8 Å². The summed E-state index contributed by atoms with van der Waals surface area (Å²) >= 11 is 3.23. The number of halogens is 1. The lowest BCUT2D eigenvalue weighted by Gasteiger charge is -2.14. The number of methoxy groups -OCH3 is 1. The lowest BCUT2D eigenvalue weighted by molar-refractivity contribution is 0.122. The molecule has 0 aliphatic heterocycles. The van der Waals surface area contributed by atoms with Crippen molar-refractivity contribution in [3.8, 4) is 0 Å². The molecule has 1 aromatic rings. The summed E-state index contributed by atoms with van der Waals surface area (Å²) in [6.45, 7) is 4.45. The van der Waals surface area contributed by atoms with E-state index in [0.717, 1.165) is 0 Å². The highest BCUT2D eigenvalue weighted by Crippen LogP contribution is 2.22. The van der Waals surface area contributed by atoms with Crippen LogP contribution >= 0.6 is 15.9 Å². The lowest BCUT2D eigenvalue weighted by Crippen LogP contribution is -2.32. The number of hydrogen-bond donors (Lipinski definition) is 2. The van der Waals surface area contributed by atoms with E-state index in [9.17, 15) is 8.42 Å². The molecule has 0 aromatic carbocycles. The molecule has 0 aliphatic rings. The van der Waals surface area contributed by atoms with Crippen LogP contribution in [0.1, 0.15) is 13.8 Å². The third-order valence-electron chi connectivity index (χ3n) is 2.42. The molecule has 1 heterocycles. The molecule has 0 radical (unpaired) electrons. The van der Waals surface area contributed by atoms with Crippen molar-refractivity contribution in [3.63, 3.8) is 0 Å². The molecule has 0 saturated carbocycles. The second-order valence-electron chi connectivity index (χ2n) is 3.93. The number of aromatic nitrogens is 1. The van der Waals surface area contributed by atoms with Gasteiger partial charge in [-0.2, -0.15) is 0 Å². The molecule has 6 nitrogen and oxygen atoms in total. The number of nitrogens with zero attached hydrogens (tertiary/aromatic N) is 1. The molecule has 0 bridgehead atoms. The summed E-state index contributed by atoms with van der Waals surface area (Å²) < 4.78 is 32.6. The zero-order valence-electron chi connectivity index (χ0n) is 11.1. The van der Waals surface area contributed by atoms with Gasteiger partial charge < -0.3 is 10.1 Å². The number of hydrogen-bond acceptors (Lipinski definition) is 5. The summed E-state index contributed by atoms with van der Waals surface area (Å²) in [5.74, 6) is 0.336. The Morgan fingerprint density at radius 1 is 1.53 bits per heavy atom. The average Bonchev–Trinajstić information content (AvgIpc) is 2.38. The normalized spacial score (nSPS) is 13.3. The van der Waals surface area contributed by atoms with Gasteiger partial charge in [0.15, 0.2) is 0 Å². The maximum atomic E-state index is 12.2. The van der Waals surface area contributed by atoms with Crippen LogP contribution in [0, 0.1) is 0 Å². The SMILES string of the molecule is CCNc1ncc(Br)cc1S(=O)(=O)NCC(C)OC. The van der Waals surface area contributed by atoms with E-state index in [1.807, 2.05) is 6.92 Å². The van der Waals surface area contributed by atoms with Gasteiger partial charge in [0.25, 0.3) is 0 Å². The Morgan fingerprint density at radius 2 is 2.21 bits per heavy atom. The first-order valence-corrected chi connectivity index (χ1v) is 8.10. The van der Waals surface area contributed by atoms with Crippen LogP contribution in [0.3, 0.4) is 0 Å². The van der Waals surface area contributed by atoms with E-state index in [0.29, 0.717) is 16.8 Å². The molecule has 0 saturated heterocycles. The van der Waals surface area contributed by atoms with Crippen LogP contribution in [0.2, 0.25) is 0 Å². The van der Waals surface area contributed by atoms with Gasteiger partial charge in [-0.15, -0.1) is 0 Å². The summed E-state index contributed by atoms with van der Waals surface area (Å²) in [6.07, 6.45) is 1.35. The van der Waals surface area contributed by atoms with Crippen molar-refractivity contribution in [3.05, 3.63) is 16.7 Å². The Labute approximate surface area is 122 Å². The Bertz CT molecular complexity index is 522. The van der Waals surface area contributed by atoms with Gasteiger partial charge in [0.05, 0.1) is 6.10 Å². The highest BCUT2D eigenvalue weighted by molar-refractivity contribution is 9.10. The predicted octanol–water partition coefficient (Wildman–Crippen LogP) is 1.59. The van der Waals surface area contributed by atoms with Crippen LogP contribution in [0.4, 0.5) is 5.82 Å². The molecule has 2 N–H and O–H groups in total. The molecule has 8 heteroatoms. The highest BCUT2D eigenvalue weighted by atomic mass is 79.9. The Hall–Kier alpha value is -0.700. The quantitative estimate of drug-likeness (QED) is 0.779. The number of rotatable bonds is 7. The topological polar surface area (TPSA) is 80.3 Å². The minimum atomic E-state index is -3.63. The molecule has 1 atom stereocenters.